The summed E-state index contributed by atoms with van der Waals surface area (Å²) in [5.41, 5.74) is 5.08. The molecule has 0 bridgehead atoms. The molecule has 10 nitrogen and oxygen atoms in total. The Kier molecular flexibility index (Phi) is 3.82. The molecule has 4 N–H and O–H groups in total. The number of aromatic nitrogens is 1. The summed E-state index contributed by atoms with van der Waals surface area (Å²) < 4.78 is 21.1. The van der Waals surface area contributed by atoms with E-state index in [4.69, 9.17) is 9.85 Å². The maximum absolute atomic E-state index is 12.6. The highest BCUT2D eigenvalue weighted by Gasteiger charge is 2.55. The monoisotopic (exact) mass is 388 g/mol. The number of hydrogen-bond acceptors (Lipinski definition) is 9. The van der Waals surface area contributed by atoms with E-state index in [2.05, 4.69) is 20.3 Å². The largest absolute Gasteiger partial charge is 0.480 e. The molecule has 3 atom stereocenters. The smallest absolute Gasteiger partial charge is 0.326 e. The van der Waals surface area contributed by atoms with Gasteiger partial charge in [-0.05, 0) is 12.2 Å². The summed E-state index contributed by atoms with van der Waals surface area (Å²) in [6.45, 7) is 0. The van der Waals surface area contributed by atoms with Gasteiger partial charge in [-0.15, -0.1) is 23.1 Å². The van der Waals surface area contributed by atoms with E-state index in [-0.39, 0.29) is 10.8 Å². The minimum absolute atomic E-state index is 0.00686. The van der Waals surface area contributed by atoms with Crippen LogP contribution >= 0.6 is 23.1 Å². The zero-order valence-electron chi connectivity index (χ0n) is 15.5. The van der Waals surface area contributed by atoms with E-state index in [0.717, 1.165) is 11.3 Å². The van der Waals surface area contributed by atoms with Gasteiger partial charge in [0.05, 0.1) is 4.11 Å². The maximum atomic E-state index is 12.6. The van der Waals surface area contributed by atoms with Crippen LogP contribution in [0.3, 0.4) is 0 Å². The Morgan fingerprint density at radius 2 is 2.44 bits per heavy atom. The highest BCUT2D eigenvalue weighted by atomic mass is 32.2. The summed E-state index contributed by atoms with van der Waals surface area (Å²) in [6.07, 6.45) is 0.320. The first-order valence-electron chi connectivity index (χ1n) is 8.53. The number of nitrogens with one attached hydrogen (secondary N) is 1. The number of carboxylic acid groups (broad SMARTS) is 1. The third-order valence-corrected chi connectivity index (χ3v) is 5.77. The van der Waals surface area contributed by atoms with Gasteiger partial charge >= 0.3 is 5.97 Å². The molecule has 3 heterocycles. The first kappa shape index (κ1) is 13.9. The number of amides is 2. The van der Waals surface area contributed by atoms with Gasteiger partial charge in [0, 0.05) is 5.38 Å². The highest BCUT2D eigenvalue weighted by molar-refractivity contribution is 8.00. The van der Waals surface area contributed by atoms with Crippen molar-refractivity contribution in [2.75, 3.05) is 18.5 Å². The number of hydrogen-bond donors (Lipinski definition) is 3. The molecule has 0 spiro atoms. The van der Waals surface area contributed by atoms with Crippen molar-refractivity contribution in [3.8, 4) is 0 Å². The number of thioether (sulfide) groups is 1. The van der Waals surface area contributed by atoms with Crippen LogP contribution in [0.4, 0.5) is 5.13 Å². The lowest BCUT2D eigenvalue weighted by atomic mass is 10.0. The van der Waals surface area contributed by atoms with Crippen molar-refractivity contribution in [3.63, 3.8) is 0 Å². The number of carboxylic acids is 1. The molecule has 3 rings (SSSR count). The van der Waals surface area contributed by atoms with E-state index in [9.17, 15) is 19.5 Å². The predicted octanol–water partition coefficient (Wildman–Crippen LogP) is -0.681. The van der Waals surface area contributed by atoms with Gasteiger partial charge in [0.25, 0.3) is 5.91 Å². The number of anilines is 1. The fourth-order valence-corrected chi connectivity index (χ4v) is 4.60. The minimum Gasteiger partial charge on any atom is -0.480 e. The van der Waals surface area contributed by atoms with Crippen LogP contribution < -0.4 is 11.1 Å². The fourth-order valence-electron chi connectivity index (χ4n) is 2.67. The first-order valence-corrected chi connectivity index (χ1v) is 8.96. The lowest BCUT2D eigenvalue weighted by Gasteiger charge is -2.51. The Morgan fingerprint density at radius 3 is 3.08 bits per heavy atom. The van der Waals surface area contributed by atoms with E-state index in [1.54, 1.807) is 0 Å². The Morgan fingerprint density at radius 1 is 1.64 bits per heavy atom. The van der Waals surface area contributed by atoms with Gasteiger partial charge in [-0.3, -0.25) is 9.59 Å². The van der Waals surface area contributed by atoms with E-state index >= 15 is 0 Å². The number of rotatable bonds is 5. The van der Waals surface area contributed by atoms with Gasteiger partial charge in [0.1, 0.15) is 30.2 Å². The predicted molar refractivity (Wildman–Crippen MR) is 91.1 cm³/mol. The van der Waals surface area contributed by atoms with Crippen molar-refractivity contribution in [3.05, 3.63) is 11.1 Å². The molecule has 2 fully saturated rings. The van der Waals surface area contributed by atoms with Crippen molar-refractivity contribution in [2.45, 2.75) is 23.9 Å². The number of nitrogens with zero attached hydrogens (tertiary/aromatic N) is 3. The number of thiazole rings is 1. The quantitative estimate of drug-likeness (QED) is 0.341. The number of carbonyl (C=O) groups is 3. The summed E-state index contributed by atoms with van der Waals surface area (Å²) in [5.74, 6) is -2.00. The number of nitrogens with two attached hydrogens (primary N) is 1. The van der Waals surface area contributed by atoms with Crippen molar-refractivity contribution in [2.24, 2.45) is 5.16 Å². The SMILES string of the molecule is [2H]C([2H])([2H])O/N=C(\C(=O)N[C@@H]1C(=O)N2C(C(=O)O)CCS[C@H]12)c1csc(N)n1. The lowest BCUT2D eigenvalue weighted by molar-refractivity contribution is -0.162. The molecule has 0 radical (unpaired) electrons. The Labute approximate surface area is 154 Å². The molecule has 1 unspecified atom stereocenters. The number of β-lactam (4-membered cyclic amide) rings is 1. The highest BCUT2D eigenvalue weighted by Crippen LogP contribution is 2.38. The molecule has 2 saturated heterocycles. The molecule has 12 heteroatoms. The van der Waals surface area contributed by atoms with E-state index in [1.165, 1.54) is 22.0 Å². The number of carbonyl (C=O) groups excluding carboxylic acids is 2. The molecular formula is C13H15N5O5S2. The minimum atomic E-state index is -2.88. The molecule has 2 aliphatic rings. The second-order valence-electron chi connectivity index (χ2n) is 5.20. The fraction of sp³-hybridized carbons (Fsp3) is 0.462. The van der Waals surface area contributed by atoms with Crippen molar-refractivity contribution in [1.82, 2.24) is 15.2 Å². The molecule has 2 aliphatic heterocycles. The van der Waals surface area contributed by atoms with Crippen LogP contribution in [0.1, 0.15) is 16.2 Å². The molecule has 2 amide bonds. The van der Waals surface area contributed by atoms with E-state index < -0.39 is 48.0 Å². The van der Waals surface area contributed by atoms with Crippen LogP contribution in [-0.2, 0) is 19.2 Å². The van der Waals surface area contributed by atoms with Crippen LogP contribution in [0.15, 0.2) is 10.5 Å². The van der Waals surface area contributed by atoms with Crippen LogP contribution in [0.2, 0.25) is 0 Å². The van der Waals surface area contributed by atoms with Crippen LogP contribution in [-0.4, -0.2) is 68.7 Å². The third-order valence-electron chi connectivity index (χ3n) is 3.78. The van der Waals surface area contributed by atoms with Gasteiger partial charge in [-0.2, -0.15) is 0 Å². The lowest BCUT2D eigenvalue weighted by Crippen LogP contribution is -2.74. The molecule has 1 aromatic rings. The van der Waals surface area contributed by atoms with Crippen molar-refractivity contribution >= 4 is 51.7 Å². The molecule has 1 aromatic heterocycles. The molecule has 0 aromatic carbocycles. The van der Waals surface area contributed by atoms with E-state index in [1.807, 2.05) is 0 Å². The third kappa shape index (κ3) is 3.14. The first-order chi connectivity index (χ1) is 13.1. The Balaban J connectivity index is 1.77. The van der Waals surface area contributed by atoms with Crippen molar-refractivity contribution < 1.29 is 28.4 Å². The van der Waals surface area contributed by atoms with Gasteiger partial charge < -0.3 is 25.9 Å². The van der Waals surface area contributed by atoms with Crippen LogP contribution in [0, 0.1) is 0 Å². The normalized spacial score (nSPS) is 28.1. The van der Waals surface area contributed by atoms with Crippen molar-refractivity contribution in [1.29, 1.82) is 0 Å². The zero-order chi connectivity index (χ0) is 20.6. The standard InChI is InChI=1S/C13H15N5O5S2/c1-23-17-7(5-4-25-13(14)15-5)9(19)16-8-10(20)18-6(12(21)22)2-3-24-11(8)18/h4,6,8,11H,2-3H2,1H3,(H2,14,15)(H,16,19)(H,21,22)/b17-7-/t6?,8-,11-/m1/s1/i1D3. The average molecular weight is 388 g/mol. The number of aliphatic carboxylic acids is 1. The van der Waals surface area contributed by atoms with Gasteiger partial charge in [-0.1, -0.05) is 5.16 Å². The summed E-state index contributed by atoms with van der Waals surface area (Å²) >= 11 is 2.36. The second-order valence-corrected chi connectivity index (χ2v) is 7.32. The summed E-state index contributed by atoms with van der Waals surface area (Å²) in [5, 5.41) is 16.0. The van der Waals surface area contributed by atoms with Gasteiger partial charge in [0.2, 0.25) is 5.91 Å². The zero-order valence-corrected chi connectivity index (χ0v) is 14.2. The molecular weight excluding hydrogens is 370 g/mol. The maximum Gasteiger partial charge on any atom is 0.326 e. The van der Waals surface area contributed by atoms with Crippen LogP contribution in [0.5, 0.6) is 0 Å². The summed E-state index contributed by atoms with van der Waals surface area (Å²) in [7, 11) is -2.88. The number of oxime groups is 1. The van der Waals surface area contributed by atoms with Gasteiger partial charge in [-0.25, -0.2) is 9.78 Å². The Bertz CT molecular complexity index is 845. The number of nitrogen functional groups attached to an aromatic ring is 1. The summed E-state index contributed by atoms with van der Waals surface area (Å²) in [4.78, 5) is 45.8. The van der Waals surface area contributed by atoms with E-state index in [0.29, 0.717) is 12.2 Å². The molecule has 134 valence electrons. The average Bonchev–Trinajstić information content (AvgIpc) is 3.03. The van der Waals surface area contributed by atoms with Crippen LogP contribution in [0.25, 0.3) is 0 Å². The molecule has 25 heavy (non-hydrogen) atoms. The topological polar surface area (TPSA) is 147 Å². The van der Waals surface area contributed by atoms with Gasteiger partial charge in [0.15, 0.2) is 10.8 Å². The second kappa shape index (κ2) is 6.88. The molecule has 0 aliphatic carbocycles. The summed E-state index contributed by atoms with van der Waals surface area (Å²) in [6, 6.07) is -1.90. The molecule has 0 saturated carbocycles. The number of fused-ring (bicyclic) bond motifs is 1. The Hall–Kier alpha value is -2.34.